The highest BCUT2D eigenvalue weighted by molar-refractivity contribution is 6.30. The number of halogens is 2. The van der Waals surface area contributed by atoms with Gasteiger partial charge in [-0.15, -0.1) is 0 Å². The van der Waals surface area contributed by atoms with Crippen LogP contribution in [0.5, 0.6) is 0 Å². The number of carbonyl (C=O) groups excluding carboxylic acids is 1. The first-order chi connectivity index (χ1) is 11.6. The van der Waals surface area contributed by atoms with Gasteiger partial charge in [-0.3, -0.25) is 9.78 Å². The molecule has 1 N–H and O–H groups in total. The molecular weight excluding hydrogens is 329 g/mol. The van der Waals surface area contributed by atoms with Crippen molar-refractivity contribution in [2.75, 3.05) is 18.0 Å². The molecule has 1 aromatic heterocycles. The molecule has 1 aromatic carbocycles. The predicted octanol–water partition coefficient (Wildman–Crippen LogP) is 3.20. The van der Waals surface area contributed by atoms with Crippen LogP contribution in [0, 0.1) is 5.82 Å². The Bertz CT molecular complexity index is 711. The Morgan fingerprint density at radius 3 is 2.88 bits per heavy atom. The van der Waals surface area contributed by atoms with Crippen molar-refractivity contribution in [3.05, 3.63) is 59.1 Å². The minimum absolute atomic E-state index is 0.0425. The molecule has 0 saturated carbocycles. The molecule has 2 heterocycles. The molecule has 24 heavy (non-hydrogen) atoms. The molecule has 0 spiro atoms. The van der Waals surface area contributed by atoms with E-state index in [0.717, 1.165) is 24.2 Å². The average molecular weight is 348 g/mol. The Hall–Kier alpha value is -2.14. The quantitative estimate of drug-likeness (QED) is 0.903. The SMILES string of the molecule is O=C(CCc1ccncc1)N[C@H]1CCN(c2ccc(Cl)c(F)c2)C1. The highest BCUT2D eigenvalue weighted by atomic mass is 35.5. The minimum Gasteiger partial charge on any atom is -0.369 e. The first-order valence-corrected chi connectivity index (χ1v) is 8.38. The molecule has 2 aromatic rings. The Kier molecular flexibility index (Phi) is 5.30. The fraction of sp³-hybridized carbons (Fsp3) is 0.333. The van der Waals surface area contributed by atoms with Crippen molar-refractivity contribution in [3.63, 3.8) is 0 Å². The van der Waals surface area contributed by atoms with Crippen LogP contribution in [0.4, 0.5) is 10.1 Å². The highest BCUT2D eigenvalue weighted by Gasteiger charge is 2.24. The van der Waals surface area contributed by atoms with E-state index in [2.05, 4.69) is 15.2 Å². The molecule has 0 aliphatic carbocycles. The van der Waals surface area contributed by atoms with Crippen molar-refractivity contribution < 1.29 is 9.18 Å². The lowest BCUT2D eigenvalue weighted by atomic mass is 10.1. The van der Waals surface area contributed by atoms with Gasteiger partial charge in [0.25, 0.3) is 0 Å². The second kappa shape index (κ2) is 7.62. The number of carbonyl (C=O) groups is 1. The average Bonchev–Trinajstić information content (AvgIpc) is 3.05. The van der Waals surface area contributed by atoms with Crippen molar-refractivity contribution in [1.29, 1.82) is 0 Å². The summed E-state index contributed by atoms with van der Waals surface area (Å²) in [7, 11) is 0. The van der Waals surface area contributed by atoms with E-state index in [1.165, 1.54) is 6.07 Å². The summed E-state index contributed by atoms with van der Waals surface area (Å²) >= 11 is 5.72. The number of benzene rings is 1. The van der Waals surface area contributed by atoms with Crippen LogP contribution in [0.25, 0.3) is 0 Å². The standard InChI is InChI=1S/C18H19ClFN3O/c19-16-3-2-15(11-17(16)20)23-10-7-14(12-23)22-18(24)4-1-13-5-8-21-9-6-13/h2-3,5-6,8-9,11,14H,1,4,7,10,12H2,(H,22,24)/t14-/m0/s1. The van der Waals surface area contributed by atoms with Gasteiger partial charge in [0.15, 0.2) is 0 Å². The van der Waals surface area contributed by atoms with Crippen molar-refractivity contribution in [2.45, 2.75) is 25.3 Å². The summed E-state index contributed by atoms with van der Waals surface area (Å²) in [5.41, 5.74) is 1.90. The van der Waals surface area contributed by atoms with Crippen LogP contribution in [0.2, 0.25) is 5.02 Å². The summed E-state index contributed by atoms with van der Waals surface area (Å²) in [6, 6.07) is 8.73. The number of amides is 1. The van der Waals surface area contributed by atoms with Gasteiger partial charge in [0.2, 0.25) is 5.91 Å². The third-order valence-electron chi connectivity index (χ3n) is 4.21. The molecule has 0 radical (unpaired) electrons. The molecule has 1 fully saturated rings. The number of nitrogens with zero attached hydrogens (tertiary/aromatic N) is 2. The van der Waals surface area contributed by atoms with Crippen molar-refractivity contribution in [2.24, 2.45) is 0 Å². The third kappa shape index (κ3) is 4.23. The number of hydrogen-bond acceptors (Lipinski definition) is 3. The fourth-order valence-corrected chi connectivity index (χ4v) is 3.02. The van der Waals surface area contributed by atoms with Crippen LogP contribution in [-0.2, 0) is 11.2 Å². The molecule has 1 aliphatic rings. The van der Waals surface area contributed by atoms with Gasteiger partial charge in [0, 0.05) is 43.6 Å². The zero-order valence-electron chi connectivity index (χ0n) is 13.2. The molecule has 1 aliphatic heterocycles. The molecule has 3 rings (SSSR count). The zero-order chi connectivity index (χ0) is 16.9. The molecule has 4 nitrogen and oxygen atoms in total. The largest absolute Gasteiger partial charge is 0.369 e. The van der Waals surface area contributed by atoms with Gasteiger partial charge in [-0.05, 0) is 48.7 Å². The topological polar surface area (TPSA) is 45.2 Å². The van der Waals surface area contributed by atoms with Crippen LogP contribution in [0.3, 0.4) is 0 Å². The molecule has 126 valence electrons. The third-order valence-corrected chi connectivity index (χ3v) is 4.52. The van der Waals surface area contributed by atoms with E-state index in [-0.39, 0.29) is 17.0 Å². The number of pyridine rings is 1. The maximum Gasteiger partial charge on any atom is 0.220 e. The molecule has 0 bridgehead atoms. The molecule has 1 amide bonds. The molecule has 1 atom stereocenters. The Balaban J connectivity index is 1.48. The van der Waals surface area contributed by atoms with Crippen molar-refractivity contribution in [1.82, 2.24) is 10.3 Å². The summed E-state index contributed by atoms with van der Waals surface area (Å²) in [6.07, 6.45) is 5.47. The van der Waals surface area contributed by atoms with Gasteiger partial charge < -0.3 is 10.2 Å². The van der Waals surface area contributed by atoms with Crippen LogP contribution < -0.4 is 10.2 Å². The number of anilines is 1. The molecular formula is C18H19ClFN3O. The van der Waals surface area contributed by atoms with E-state index >= 15 is 0 Å². The van der Waals surface area contributed by atoms with E-state index in [4.69, 9.17) is 11.6 Å². The van der Waals surface area contributed by atoms with Gasteiger partial charge in [-0.1, -0.05) is 11.6 Å². The summed E-state index contributed by atoms with van der Waals surface area (Å²) < 4.78 is 13.6. The van der Waals surface area contributed by atoms with Gasteiger partial charge in [-0.2, -0.15) is 0 Å². The molecule has 0 unspecified atom stereocenters. The summed E-state index contributed by atoms with van der Waals surface area (Å²) in [5, 5.41) is 3.18. The first-order valence-electron chi connectivity index (χ1n) is 8.00. The monoisotopic (exact) mass is 347 g/mol. The van der Waals surface area contributed by atoms with E-state index in [0.29, 0.717) is 19.4 Å². The van der Waals surface area contributed by atoms with E-state index in [9.17, 15) is 9.18 Å². The number of aromatic nitrogens is 1. The lowest BCUT2D eigenvalue weighted by Crippen LogP contribution is -2.37. The number of hydrogen-bond donors (Lipinski definition) is 1. The second-order valence-electron chi connectivity index (χ2n) is 5.95. The molecule has 6 heteroatoms. The van der Waals surface area contributed by atoms with Crippen molar-refractivity contribution >= 4 is 23.2 Å². The summed E-state index contributed by atoms with van der Waals surface area (Å²) in [5.74, 6) is -0.375. The smallest absolute Gasteiger partial charge is 0.220 e. The van der Waals surface area contributed by atoms with E-state index in [1.807, 2.05) is 12.1 Å². The van der Waals surface area contributed by atoms with Gasteiger partial charge in [-0.25, -0.2) is 4.39 Å². The zero-order valence-corrected chi connectivity index (χ0v) is 14.0. The van der Waals surface area contributed by atoms with Crippen LogP contribution >= 0.6 is 11.6 Å². The second-order valence-corrected chi connectivity index (χ2v) is 6.36. The maximum absolute atomic E-state index is 13.6. The normalized spacial score (nSPS) is 17.1. The maximum atomic E-state index is 13.6. The van der Waals surface area contributed by atoms with Gasteiger partial charge in [0.1, 0.15) is 5.82 Å². The molecule has 1 saturated heterocycles. The summed E-state index contributed by atoms with van der Waals surface area (Å²) in [4.78, 5) is 18.1. The van der Waals surface area contributed by atoms with Crippen LogP contribution in [0.15, 0.2) is 42.7 Å². The minimum atomic E-state index is -0.418. The van der Waals surface area contributed by atoms with Crippen LogP contribution in [-0.4, -0.2) is 30.0 Å². The number of nitrogens with one attached hydrogen (secondary N) is 1. The highest BCUT2D eigenvalue weighted by Crippen LogP contribution is 2.25. The van der Waals surface area contributed by atoms with Crippen LogP contribution in [0.1, 0.15) is 18.4 Å². The Morgan fingerprint density at radius 1 is 1.33 bits per heavy atom. The first kappa shape index (κ1) is 16.7. The van der Waals surface area contributed by atoms with E-state index in [1.54, 1.807) is 24.5 Å². The van der Waals surface area contributed by atoms with Gasteiger partial charge >= 0.3 is 0 Å². The Morgan fingerprint density at radius 2 is 2.12 bits per heavy atom. The fourth-order valence-electron chi connectivity index (χ4n) is 2.90. The lowest BCUT2D eigenvalue weighted by Gasteiger charge is -2.19. The van der Waals surface area contributed by atoms with E-state index < -0.39 is 5.82 Å². The number of rotatable bonds is 5. The summed E-state index contributed by atoms with van der Waals surface area (Å²) in [6.45, 7) is 1.47. The predicted molar refractivity (Wildman–Crippen MR) is 92.7 cm³/mol. The Labute approximate surface area is 145 Å². The lowest BCUT2D eigenvalue weighted by molar-refractivity contribution is -0.121. The number of aryl methyl sites for hydroxylation is 1. The van der Waals surface area contributed by atoms with Gasteiger partial charge in [0.05, 0.1) is 5.02 Å². The van der Waals surface area contributed by atoms with Crippen molar-refractivity contribution in [3.8, 4) is 0 Å².